The summed E-state index contributed by atoms with van der Waals surface area (Å²) in [5.74, 6) is 0. The Labute approximate surface area is 248 Å². The molecule has 0 atom stereocenters. The zero-order chi connectivity index (χ0) is 27.4. The molecule has 0 aliphatic heterocycles. The number of thiophene rings is 1. The molecule has 3 nitrogen and oxygen atoms in total. The van der Waals surface area contributed by atoms with E-state index in [4.69, 9.17) is 4.98 Å². The highest BCUT2D eigenvalue weighted by Crippen LogP contribution is 2.42. The van der Waals surface area contributed by atoms with Crippen LogP contribution < -0.4 is 0 Å². The third-order valence-corrected chi connectivity index (χ3v) is 10.7. The Bertz CT molecular complexity index is 2690. The topological polar surface area (TPSA) is 22.8 Å². The molecule has 10 rings (SSSR count). The molecule has 42 heavy (non-hydrogen) atoms. The van der Waals surface area contributed by atoms with Gasteiger partial charge in [0.2, 0.25) is 0 Å². The van der Waals surface area contributed by atoms with Crippen LogP contribution in [0.15, 0.2) is 127 Å². The molecule has 0 fully saturated rings. The van der Waals surface area contributed by atoms with Crippen molar-refractivity contribution >= 4 is 96.7 Å². The average molecular weight is 572 g/mol. The Hall–Kier alpha value is -4.97. The number of aromatic nitrogens is 3. The number of para-hydroxylation sites is 3. The molecule has 0 amide bonds. The molecule has 10 aromatic rings. The highest BCUT2D eigenvalue weighted by atomic mass is 32.1. The Kier molecular flexibility index (Phi) is 4.48. The zero-order valence-corrected chi connectivity index (χ0v) is 23.9. The summed E-state index contributed by atoms with van der Waals surface area (Å²) in [5.41, 5.74) is 7.03. The lowest BCUT2D eigenvalue weighted by molar-refractivity contribution is 1.15. The first-order chi connectivity index (χ1) is 20.8. The maximum atomic E-state index is 5.25. The third-order valence-electron chi connectivity index (χ3n) is 8.55. The lowest BCUT2D eigenvalue weighted by Gasteiger charge is -2.08. The molecule has 0 saturated carbocycles. The second-order valence-electron chi connectivity index (χ2n) is 10.8. The van der Waals surface area contributed by atoms with Gasteiger partial charge in [-0.05, 0) is 54.6 Å². The van der Waals surface area contributed by atoms with E-state index < -0.39 is 0 Å². The highest BCUT2D eigenvalue weighted by Gasteiger charge is 2.20. The van der Waals surface area contributed by atoms with Crippen molar-refractivity contribution in [2.45, 2.75) is 0 Å². The van der Waals surface area contributed by atoms with Crippen LogP contribution in [-0.2, 0) is 0 Å². The van der Waals surface area contributed by atoms with Crippen molar-refractivity contribution in [1.82, 2.24) is 14.1 Å². The van der Waals surface area contributed by atoms with Gasteiger partial charge in [-0.2, -0.15) is 0 Å². The monoisotopic (exact) mass is 571 g/mol. The molecule has 196 valence electrons. The Balaban J connectivity index is 1.30. The maximum Gasteiger partial charge on any atom is 0.195 e. The molecule has 4 heterocycles. The molecule has 4 aromatic heterocycles. The Morgan fingerprint density at radius 1 is 0.405 bits per heavy atom. The molecule has 0 radical (unpaired) electrons. The van der Waals surface area contributed by atoms with Crippen LogP contribution in [0.4, 0.5) is 0 Å². The van der Waals surface area contributed by atoms with E-state index in [9.17, 15) is 0 Å². The largest absolute Gasteiger partial charge is 0.309 e. The second kappa shape index (κ2) is 8.29. The predicted molar refractivity (Wildman–Crippen MR) is 181 cm³/mol. The van der Waals surface area contributed by atoms with Crippen molar-refractivity contribution in [3.63, 3.8) is 0 Å². The first kappa shape index (κ1) is 22.7. The van der Waals surface area contributed by atoms with Crippen LogP contribution in [0.3, 0.4) is 0 Å². The summed E-state index contributed by atoms with van der Waals surface area (Å²) in [6.07, 6.45) is 0. The van der Waals surface area contributed by atoms with Gasteiger partial charge < -0.3 is 4.57 Å². The summed E-state index contributed by atoms with van der Waals surface area (Å²) < 4.78 is 8.60. The quantitative estimate of drug-likeness (QED) is 0.202. The van der Waals surface area contributed by atoms with Gasteiger partial charge in [0.05, 0.1) is 32.3 Å². The van der Waals surface area contributed by atoms with Gasteiger partial charge in [-0.15, -0.1) is 11.3 Å². The summed E-state index contributed by atoms with van der Waals surface area (Å²) in [6, 6.07) is 46.2. The fraction of sp³-hybridized carbons (Fsp3) is 0. The van der Waals surface area contributed by atoms with E-state index >= 15 is 0 Å². The third kappa shape index (κ3) is 3.01. The van der Waals surface area contributed by atoms with E-state index in [1.165, 1.54) is 74.2 Å². The summed E-state index contributed by atoms with van der Waals surface area (Å²) in [4.78, 5) is 5.25. The van der Waals surface area contributed by atoms with E-state index in [0.29, 0.717) is 0 Å². The van der Waals surface area contributed by atoms with Crippen molar-refractivity contribution in [3.05, 3.63) is 127 Å². The standard InChI is InChI=1S/C37H21N3S2/c1-2-10-22(11-3-1)39-30-15-7-4-12-23(30)26-19-33-27(18-32(26)39)24-13-5-8-16-31(24)40(33)37-38-29-21-35-28(20-36(29)42-37)25-14-6-9-17-34(25)41-35/h1-21H. The lowest BCUT2D eigenvalue weighted by atomic mass is 10.1. The molecule has 0 N–H and O–H groups in total. The van der Waals surface area contributed by atoms with Crippen molar-refractivity contribution in [2.24, 2.45) is 0 Å². The second-order valence-corrected chi connectivity index (χ2v) is 12.9. The molecular weight excluding hydrogens is 551 g/mol. The maximum absolute atomic E-state index is 5.25. The number of hydrogen-bond acceptors (Lipinski definition) is 3. The molecule has 0 aliphatic rings. The van der Waals surface area contributed by atoms with Gasteiger partial charge in [-0.25, -0.2) is 4.98 Å². The molecular formula is C37H21N3S2. The minimum atomic E-state index is 1.00. The van der Waals surface area contributed by atoms with Gasteiger partial charge >= 0.3 is 0 Å². The average Bonchev–Trinajstić information content (AvgIpc) is 3.78. The van der Waals surface area contributed by atoms with E-state index in [2.05, 4.69) is 137 Å². The summed E-state index contributed by atoms with van der Waals surface area (Å²) in [5, 5.41) is 8.63. The van der Waals surface area contributed by atoms with Gasteiger partial charge in [0.15, 0.2) is 5.13 Å². The number of benzene rings is 6. The summed E-state index contributed by atoms with van der Waals surface area (Å²) >= 11 is 3.62. The number of fused-ring (bicyclic) bond motifs is 10. The van der Waals surface area contributed by atoms with Gasteiger partial charge in [0.25, 0.3) is 0 Å². The van der Waals surface area contributed by atoms with Gasteiger partial charge in [-0.1, -0.05) is 84.1 Å². The van der Waals surface area contributed by atoms with Crippen LogP contribution in [0.25, 0.3) is 84.8 Å². The SMILES string of the molecule is c1ccc(-n2c3ccccc3c3cc4c(cc32)c2ccccc2n4-c2nc3cc4sc5ccccc5c4cc3s2)cc1. The molecule has 5 heteroatoms. The molecule has 0 bridgehead atoms. The van der Waals surface area contributed by atoms with Crippen molar-refractivity contribution < 1.29 is 0 Å². The highest BCUT2D eigenvalue weighted by molar-refractivity contribution is 7.26. The van der Waals surface area contributed by atoms with Crippen molar-refractivity contribution in [2.75, 3.05) is 0 Å². The van der Waals surface area contributed by atoms with Crippen molar-refractivity contribution in [1.29, 1.82) is 0 Å². The number of nitrogens with zero attached hydrogens (tertiary/aromatic N) is 3. The van der Waals surface area contributed by atoms with E-state index in [1.807, 2.05) is 11.3 Å². The molecule has 0 spiro atoms. The van der Waals surface area contributed by atoms with E-state index in [-0.39, 0.29) is 0 Å². The van der Waals surface area contributed by atoms with E-state index in [0.717, 1.165) is 10.6 Å². The summed E-state index contributed by atoms with van der Waals surface area (Å²) in [6.45, 7) is 0. The first-order valence-corrected chi connectivity index (χ1v) is 15.7. The van der Waals surface area contributed by atoms with Crippen LogP contribution in [-0.4, -0.2) is 14.1 Å². The van der Waals surface area contributed by atoms with E-state index in [1.54, 1.807) is 11.3 Å². The smallest absolute Gasteiger partial charge is 0.195 e. The van der Waals surface area contributed by atoms with Crippen LogP contribution in [0.5, 0.6) is 0 Å². The fourth-order valence-electron chi connectivity index (χ4n) is 6.72. The fourth-order valence-corrected chi connectivity index (χ4v) is 8.86. The molecule has 0 unspecified atom stereocenters. The number of thiazole rings is 1. The molecule has 0 aliphatic carbocycles. The normalized spacial score (nSPS) is 12.3. The Morgan fingerprint density at radius 3 is 1.79 bits per heavy atom. The Morgan fingerprint density at radius 2 is 1.02 bits per heavy atom. The summed E-state index contributed by atoms with van der Waals surface area (Å²) in [7, 11) is 0. The molecule has 0 saturated heterocycles. The predicted octanol–water partition coefficient (Wildman–Crippen LogP) is 10.9. The van der Waals surface area contributed by atoms with Gasteiger partial charge in [0.1, 0.15) is 0 Å². The van der Waals surface area contributed by atoms with Crippen LogP contribution in [0.2, 0.25) is 0 Å². The number of hydrogen-bond donors (Lipinski definition) is 0. The van der Waals surface area contributed by atoms with Gasteiger partial charge in [0, 0.05) is 47.4 Å². The van der Waals surface area contributed by atoms with Gasteiger partial charge in [-0.3, -0.25) is 4.57 Å². The van der Waals surface area contributed by atoms with Crippen LogP contribution >= 0.6 is 22.7 Å². The van der Waals surface area contributed by atoms with Crippen molar-refractivity contribution in [3.8, 4) is 10.8 Å². The van der Waals surface area contributed by atoms with Crippen LogP contribution in [0.1, 0.15) is 0 Å². The first-order valence-electron chi connectivity index (χ1n) is 14.1. The number of rotatable bonds is 2. The zero-order valence-electron chi connectivity index (χ0n) is 22.3. The minimum Gasteiger partial charge on any atom is -0.309 e. The minimum absolute atomic E-state index is 1.00. The van der Waals surface area contributed by atoms with Crippen LogP contribution in [0, 0.1) is 0 Å². The molecule has 6 aromatic carbocycles. The lowest BCUT2D eigenvalue weighted by Crippen LogP contribution is -1.94.